The van der Waals surface area contributed by atoms with Crippen LogP contribution in [0.15, 0.2) is 24.3 Å². The summed E-state index contributed by atoms with van der Waals surface area (Å²) >= 11 is 1.96. The Hall–Kier alpha value is -0.470. The predicted molar refractivity (Wildman–Crippen MR) is 82.5 cm³/mol. The van der Waals surface area contributed by atoms with E-state index in [1.165, 1.54) is 31.4 Å². The van der Waals surface area contributed by atoms with E-state index in [-0.39, 0.29) is 0 Å². The summed E-state index contributed by atoms with van der Waals surface area (Å²) in [6.45, 7) is 5.71. The Morgan fingerprint density at radius 3 is 2.72 bits per heavy atom. The second-order valence-electron chi connectivity index (χ2n) is 5.51. The lowest BCUT2D eigenvalue weighted by molar-refractivity contribution is 0.290. The molecule has 1 unspecified atom stereocenters. The number of benzene rings is 1. The molecule has 0 bridgehead atoms. The average Bonchev–Trinajstić information content (AvgIpc) is 2.33. The number of nitrogens with one attached hydrogen (secondary N) is 1. The molecule has 0 aromatic heterocycles. The van der Waals surface area contributed by atoms with Crippen LogP contribution in [-0.4, -0.2) is 24.1 Å². The zero-order valence-electron chi connectivity index (χ0n) is 11.8. The summed E-state index contributed by atoms with van der Waals surface area (Å²) < 4.78 is 0. The molecule has 1 saturated carbocycles. The van der Waals surface area contributed by atoms with Gasteiger partial charge < -0.3 is 5.32 Å². The van der Waals surface area contributed by atoms with Gasteiger partial charge in [-0.25, -0.2) is 0 Å². The second-order valence-corrected chi connectivity index (χ2v) is 6.79. The van der Waals surface area contributed by atoms with Crippen molar-refractivity contribution >= 4 is 11.8 Å². The molecule has 0 amide bonds. The lowest BCUT2D eigenvalue weighted by atomic mass is 9.74. The molecule has 0 aliphatic heterocycles. The molecule has 1 aromatic carbocycles. The molecule has 0 spiro atoms. The van der Waals surface area contributed by atoms with Gasteiger partial charge in [-0.05, 0) is 56.0 Å². The lowest BCUT2D eigenvalue weighted by Crippen LogP contribution is -2.41. The monoisotopic (exact) mass is 263 g/mol. The fraction of sp³-hybridized carbons (Fsp3) is 0.625. The van der Waals surface area contributed by atoms with E-state index in [9.17, 15) is 0 Å². The highest BCUT2D eigenvalue weighted by atomic mass is 32.2. The van der Waals surface area contributed by atoms with Crippen LogP contribution >= 0.6 is 11.8 Å². The maximum atomic E-state index is 3.69. The average molecular weight is 263 g/mol. The third-order valence-electron chi connectivity index (χ3n) is 4.15. The summed E-state index contributed by atoms with van der Waals surface area (Å²) in [6.07, 6.45) is 6.12. The third-order valence-corrected chi connectivity index (χ3v) is 5.19. The van der Waals surface area contributed by atoms with E-state index >= 15 is 0 Å². The first-order valence-corrected chi connectivity index (χ1v) is 8.31. The van der Waals surface area contributed by atoms with Gasteiger partial charge in [0, 0.05) is 11.3 Å². The van der Waals surface area contributed by atoms with E-state index in [2.05, 4.69) is 49.7 Å². The molecule has 1 aromatic rings. The standard InChI is InChI=1S/C16H25NS/c1-12-6-4-5-7-16(12)14-10-15(11-14)17-9-8-13(2)18-3/h4-7,13-15,17H,8-11H2,1-3H3. The topological polar surface area (TPSA) is 12.0 Å². The Morgan fingerprint density at radius 2 is 2.06 bits per heavy atom. The van der Waals surface area contributed by atoms with Gasteiger partial charge in [0.15, 0.2) is 0 Å². The predicted octanol–water partition coefficient (Wildman–Crippen LogP) is 3.97. The van der Waals surface area contributed by atoms with E-state index in [0.717, 1.165) is 17.2 Å². The van der Waals surface area contributed by atoms with Gasteiger partial charge in [0.2, 0.25) is 0 Å². The molecule has 0 saturated heterocycles. The molecule has 1 nitrogen and oxygen atoms in total. The summed E-state index contributed by atoms with van der Waals surface area (Å²) in [4.78, 5) is 0. The lowest BCUT2D eigenvalue weighted by Gasteiger charge is -2.37. The van der Waals surface area contributed by atoms with Crippen molar-refractivity contribution in [3.05, 3.63) is 35.4 Å². The normalized spacial score (nSPS) is 24.6. The Kier molecular flexibility index (Phi) is 5.13. The first kappa shape index (κ1) is 14.0. The first-order valence-electron chi connectivity index (χ1n) is 7.02. The molecule has 1 fully saturated rings. The van der Waals surface area contributed by atoms with E-state index in [4.69, 9.17) is 0 Å². The van der Waals surface area contributed by atoms with Gasteiger partial charge in [-0.3, -0.25) is 0 Å². The second kappa shape index (κ2) is 6.63. The Bertz CT molecular complexity index is 371. The highest BCUT2D eigenvalue weighted by Crippen LogP contribution is 2.38. The molecular formula is C16H25NS. The van der Waals surface area contributed by atoms with E-state index in [1.807, 2.05) is 11.8 Å². The number of rotatable bonds is 6. The van der Waals surface area contributed by atoms with Crippen LogP contribution in [0.5, 0.6) is 0 Å². The molecule has 1 aliphatic carbocycles. The van der Waals surface area contributed by atoms with Gasteiger partial charge in [-0.1, -0.05) is 31.2 Å². The Balaban J connectivity index is 1.70. The molecular weight excluding hydrogens is 238 g/mol. The van der Waals surface area contributed by atoms with Gasteiger partial charge in [0.05, 0.1) is 0 Å². The first-order chi connectivity index (χ1) is 8.70. The minimum Gasteiger partial charge on any atom is -0.314 e. The fourth-order valence-electron chi connectivity index (χ4n) is 2.69. The summed E-state index contributed by atoms with van der Waals surface area (Å²) in [5.41, 5.74) is 3.02. The summed E-state index contributed by atoms with van der Waals surface area (Å²) in [5.74, 6) is 0.793. The Labute approximate surface area is 116 Å². The molecule has 18 heavy (non-hydrogen) atoms. The minimum atomic E-state index is 0.753. The molecule has 0 heterocycles. The van der Waals surface area contributed by atoms with E-state index < -0.39 is 0 Å². The van der Waals surface area contributed by atoms with Gasteiger partial charge in [-0.15, -0.1) is 0 Å². The van der Waals surface area contributed by atoms with Crippen LogP contribution < -0.4 is 5.32 Å². The molecule has 2 heteroatoms. The molecule has 2 rings (SSSR count). The van der Waals surface area contributed by atoms with Gasteiger partial charge >= 0.3 is 0 Å². The van der Waals surface area contributed by atoms with Crippen LogP contribution in [0, 0.1) is 6.92 Å². The molecule has 100 valence electrons. The number of thioether (sulfide) groups is 1. The minimum absolute atomic E-state index is 0.753. The highest BCUT2D eigenvalue weighted by molar-refractivity contribution is 7.99. The quantitative estimate of drug-likeness (QED) is 0.833. The van der Waals surface area contributed by atoms with Crippen molar-refractivity contribution < 1.29 is 0 Å². The van der Waals surface area contributed by atoms with Crippen LogP contribution in [0.3, 0.4) is 0 Å². The maximum absolute atomic E-state index is 3.69. The highest BCUT2D eigenvalue weighted by Gasteiger charge is 2.30. The SMILES string of the molecule is CSC(C)CCNC1CC(c2ccccc2C)C1. The van der Waals surface area contributed by atoms with Crippen LogP contribution in [0.25, 0.3) is 0 Å². The zero-order chi connectivity index (χ0) is 13.0. The van der Waals surface area contributed by atoms with Crippen LogP contribution in [0.4, 0.5) is 0 Å². The fourth-order valence-corrected chi connectivity index (χ4v) is 3.05. The number of hydrogen-bond donors (Lipinski definition) is 1. The maximum Gasteiger partial charge on any atom is 0.00787 e. The van der Waals surface area contributed by atoms with Crippen molar-refractivity contribution in [2.75, 3.05) is 12.8 Å². The number of aryl methyl sites for hydroxylation is 1. The summed E-state index contributed by atoms with van der Waals surface area (Å²) in [6, 6.07) is 9.59. The largest absolute Gasteiger partial charge is 0.314 e. The van der Waals surface area contributed by atoms with Crippen molar-refractivity contribution in [1.29, 1.82) is 0 Å². The van der Waals surface area contributed by atoms with E-state index in [0.29, 0.717) is 0 Å². The van der Waals surface area contributed by atoms with Crippen molar-refractivity contribution in [3.63, 3.8) is 0 Å². The van der Waals surface area contributed by atoms with Crippen LogP contribution in [0.1, 0.15) is 43.2 Å². The van der Waals surface area contributed by atoms with E-state index in [1.54, 1.807) is 5.56 Å². The smallest absolute Gasteiger partial charge is 0.00787 e. The molecule has 1 N–H and O–H groups in total. The van der Waals surface area contributed by atoms with Crippen molar-refractivity contribution in [2.24, 2.45) is 0 Å². The Morgan fingerprint density at radius 1 is 1.33 bits per heavy atom. The summed E-state index contributed by atoms with van der Waals surface area (Å²) in [5, 5.41) is 4.47. The molecule has 1 aliphatic rings. The molecule has 0 radical (unpaired) electrons. The van der Waals surface area contributed by atoms with Gasteiger partial charge in [-0.2, -0.15) is 11.8 Å². The zero-order valence-corrected chi connectivity index (χ0v) is 12.6. The van der Waals surface area contributed by atoms with Gasteiger partial charge in [0.1, 0.15) is 0 Å². The van der Waals surface area contributed by atoms with Crippen molar-refractivity contribution in [1.82, 2.24) is 5.32 Å². The third kappa shape index (κ3) is 3.52. The van der Waals surface area contributed by atoms with Crippen molar-refractivity contribution in [3.8, 4) is 0 Å². The number of hydrogen-bond acceptors (Lipinski definition) is 2. The van der Waals surface area contributed by atoms with Gasteiger partial charge in [0.25, 0.3) is 0 Å². The molecule has 1 atom stereocenters. The van der Waals surface area contributed by atoms with Crippen LogP contribution in [0.2, 0.25) is 0 Å². The van der Waals surface area contributed by atoms with Crippen molar-refractivity contribution in [2.45, 2.75) is 50.3 Å². The van der Waals surface area contributed by atoms with Crippen LogP contribution in [-0.2, 0) is 0 Å². The summed E-state index contributed by atoms with van der Waals surface area (Å²) in [7, 11) is 0.